The standard InChI is InChI=1S/C18H19N3O.C11H21N5O/c1-12-6-5-7-13(8-12)16-9-15(18(2,3)4)17-19-14(11-22)10-21(17)20-16;1-8(12)14-9(13)10(17)16-6-5-15(4)11(2,3)7-16/h5-11H,1-4H3;5-7H2,1-4H3,(H3,12,13,14). The predicted octanol–water partition coefficient (Wildman–Crippen LogP) is 3.71. The number of carbonyl (C=O) groups excluding carboxylic acids is 2. The molecule has 0 unspecified atom stereocenters. The number of aryl methyl sites for hydroxylation is 1. The average Bonchev–Trinajstić information content (AvgIpc) is 3.27. The molecule has 10 heteroatoms. The molecule has 1 aliphatic heterocycles. The van der Waals surface area contributed by atoms with Crippen molar-refractivity contribution in [1.82, 2.24) is 24.4 Å². The van der Waals surface area contributed by atoms with Crippen LogP contribution in [0.5, 0.6) is 0 Å². The Morgan fingerprint density at radius 1 is 1.21 bits per heavy atom. The van der Waals surface area contributed by atoms with Crippen LogP contribution < -0.4 is 5.73 Å². The number of imidazole rings is 1. The van der Waals surface area contributed by atoms with E-state index < -0.39 is 0 Å². The number of amidine groups is 2. The third-order valence-electron chi connectivity index (χ3n) is 6.78. The quantitative estimate of drug-likeness (QED) is 0.294. The van der Waals surface area contributed by atoms with E-state index in [0.29, 0.717) is 18.8 Å². The molecule has 39 heavy (non-hydrogen) atoms. The Hall–Kier alpha value is -3.92. The highest BCUT2D eigenvalue weighted by Gasteiger charge is 2.34. The second-order valence-corrected chi connectivity index (χ2v) is 11.7. The van der Waals surface area contributed by atoms with Gasteiger partial charge in [-0.2, -0.15) is 5.10 Å². The van der Waals surface area contributed by atoms with Crippen molar-refractivity contribution < 1.29 is 9.59 Å². The monoisotopic (exact) mass is 532 g/mol. The van der Waals surface area contributed by atoms with E-state index in [1.807, 2.05) is 19.2 Å². The first-order chi connectivity index (χ1) is 18.1. The van der Waals surface area contributed by atoms with Crippen LogP contribution in [-0.4, -0.2) is 80.5 Å². The molecule has 1 amide bonds. The second-order valence-electron chi connectivity index (χ2n) is 11.7. The van der Waals surface area contributed by atoms with Gasteiger partial charge in [-0.1, -0.05) is 44.5 Å². The highest BCUT2D eigenvalue weighted by molar-refractivity contribution is 6.38. The lowest BCUT2D eigenvalue weighted by atomic mass is 9.87. The van der Waals surface area contributed by atoms with Crippen LogP contribution in [-0.2, 0) is 10.2 Å². The number of nitrogens with zero attached hydrogens (tertiary/aromatic N) is 6. The summed E-state index contributed by atoms with van der Waals surface area (Å²) in [6.07, 6.45) is 2.43. The van der Waals surface area contributed by atoms with Crippen molar-refractivity contribution >= 4 is 29.5 Å². The second kappa shape index (κ2) is 11.4. The number of hydrogen-bond donors (Lipinski definition) is 2. The summed E-state index contributed by atoms with van der Waals surface area (Å²) < 4.78 is 1.71. The van der Waals surface area contributed by atoms with E-state index in [9.17, 15) is 9.59 Å². The number of likely N-dealkylation sites (N-methyl/N-ethyl adjacent to an activating group) is 1. The number of fused-ring (bicyclic) bond motifs is 1. The van der Waals surface area contributed by atoms with Crippen LogP contribution in [0.2, 0.25) is 0 Å². The lowest BCUT2D eigenvalue weighted by molar-refractivity contribution is -0.128. The number of nitrogens with two attached hydrogens (primary N) is 1. The van der Waals surface area contributed by atoms with Gasteiger partial charge in [0.2, 0.25) is 5.84 Å². The molecular weight excluding hydrogens is 492 g/mol. The zero-order chi connectivity index (χ0) is 29.1. The van der Waals surface area contributed by atoms with Crippen LogP contribution in [0.4, 0.5) is 0 Å². The number of carbonyl (C=O) groups is 2. The minimum Gasteiger partial charge on any atom is -0.387 e. The fraction of sp³-hybridized carbons (Fsp3) is 0.448. The first kappa shape index (κ1) is 29.6. The Bertz CT molecular complexity index is 1410. The number of nitrogens with one attached hydrogen (secondary N) is 1. The van der Waals surface area contributed by atoms with Gasteiger partial charge in [-0.05, 0) is 52.3 Å². The van der Waals surface area contributed by atoms with Crippen LogP contribution in [0.1, 0.15) is 63.2 Å². The number of benzene rings is 1. The van der Waals surface area contributed by atoms with Crippen LogP contribution in [0, 0.1) is 12.3 Å². The maximum atomic E-state index is 11.9. The molecular formula is C29H40N8O2. The van der Waals surface area contributed by atoms with E-state index in [1.165, 1.54) is 5.56 Å². The SMILES string of the molecule is CC(N)=NC(=N)C(=O)N1CCN(C)C(C)(C)C1.Cc1cccc(-c2cc(C(C)(C)C)c3nc(C=O)cn3n2)c1. The third-order valence-corrected chi connectivity index (χ3v) is 6.78. The molecule has 1 aliphatic rings. The smallest absolute Gasteiger partial charge is 0.291 e. The van der Waals surface area contributed by atoms with E-state index in [1.54, 1.807) is 22.5 Å². The van der Waals surface area contributed by atoms with Crippen molar-refractivity contribution in [2.45, 2.75) is 59.4 Å². The van der Waals surface area contributed by atoms with Crippen LogP contribution in [0.25, 0.3) is 16.9 Å². The van der Waals surface area contributed by atoms with Gasteiger partial charge in [0.1, 0.15) is 5.69 Å². The first-order valence-electron chi connectivity index (χ1n) is 13.0. The lowest BCUT2D eigenvalue weighted by Gasteiger charge is -2.45. The van der Waals surface area contributed by atoms with Crippen LogP contribution in [0.15, 0.2) is 41.5 Å². The molecule has 0 radical (unpaired) electrons. The molecule has 208 valence electrons. The summed E-state index contributed by atoms with van der Waals surface area (Å²) in [5, 5.41) is 12.2. The van der Waals surface area contributed by atoms with Crippen molar-refractivity contribution in [3.63, 3.8) is 0 Å². The lowest BCUT2D eigenvalue weighted by Crippen LogP contribution is -2.59. The molecule has 0 aliphatic carbocycles. The summed E-state index contributed by atoms with van der Waals surface area (Å²) in [6, 6.07) is 10.3. The molecule has 0 saturated carbocycles. The third kappa shape index (κ3) is 7.14. The predicted molar refractivity (Wildman–Crippen MR) is 156 cm³/mol. The first-order valence-corrected chi connectivity index (χ1v) is 13.0. The zero-order valence-corrected chi connectivity index (χ0v) is 24.2. The summed E-state index contributed by atoms with van der Waals surface area (Å²) in [5.74, 6) is -0.405. The van der Waals surface area contributed by atoms with Crippen molar-refractivity contribution in [2.75, 3.05) is 26.7 Å². The summed E-state index contributed by atoms with van der Waals surface area (Å²) in [5.41, 5.74) is 10.6. The molecule has 0 bridgehead atoms. The Morgan fingerprint density at radius 2 is 1.90 bits per heavy atom. The van der Waals surface area contributed by atoms with Crippen LogP contribution >= 0.6 is 0 Å². The molecule has 0 atom stereocenters. The van der Waals surface area contributed by atoms with Gasteiger partial charge in [0.15, 0.2) is 11.9 Å². The molecule has 1 aromatic carbocycles. The molecule has 1 saturated heterocycles. The van der Waals surface area contributed by atoms with Crippen molar-refractivity contribution in [2.24, 2.45) is 10.7 Å². The maximum absolute atomic E-state index is 11.9. The Labute approximate surface area is 230 Å². The largest absolute Gasteiger partial charge is 0.387 e. The molecule has 0 spiro atoms. The highest BCUT2D eigenvalue weighted by atomic mass is 16.2. The van der Waals surface area contributed by atoms with E-state index in [2.05, 4.69) is 79.7 Å². The molecule has 3 N–H and O–H groups in total. The number of amides is 1. The van der Waals surface area contributed by atoms with Crippen LogP contribution in [0.3, 0.4) is 0 Å². The fourth-order valence-corrected chi connectivity index (χ4v) is 4.34. The summed E-state index contributed by atoms with van der Waals surface area (Å²) in [7, 11) is 2.04. The number of hydrogen-bond acceptors (Lipinski definition) is 6. The highest BCUT2D eigenvalue weighted by Crippen LogP contribution is 2.30. The summed E-state index contributed by atoms with van der Waals surface area (Å²) >= 11 is 0. The topological polar surface area (TPSA) is 133 Å². The van der Waals surface area contributed by atoms with Gasteiger partial charge in [-0.15, -0.1) is 0 Å². The minimum atomic E-state index is -0.351. The van der Waals surface area contributed by atoms with Gasteiger partial charge in [-0.3, -0.25) is 19.9 Å². The van der Waals surface area contributed by atoms with Gasteiger partial charge in [0.05, 0.1) is 17.7 Å². The van der Waals surface area contributed by atoms with Gasteiger partial charge in [0.25, 0.3) is 5.91 Å². The molecule has 3 heterocycles. The molecule has 1 fully saturated rings. The van der Waals surface area contributed by atoms with Crippen molar-refractivity contribution in [1.29, 1.82) is 5.41 Å². The molecule has 3 aromatic rings. The van der Waals surface area contributed by atoms with Gasteiger partial charge in [-0.25, -0.2) is 14.5 Å². The van der Waals surface area contributed by atoms with E-state index in [-0.39, 0.29) is 28.5 Å². The maximum Gasteiger partial charge on any atom is 0.291 e. The molecule has 10 nitrogen and oxygen atoms in total. The molecule has 4 rings (SSSR count). The number of aliphatic imine (C=N–C) groups is 1. The van der Waals surface area contributed by atoms with Gasteiger partial charge >= 0.3 is 0 Å². The summed E-state index contributed by atoms with van der Waals surface area (Å²) in [6.45, 7) is 16.2. The van der Waals surface area contributed by atoms with E-state index in [4.69, 9.17) is 11.1 Å². The number of aromatic nitrogens is 3. The van der Waals surface area contributed by atoms with E-state index >= 15 is 0 Å². The average molecular weight is 533 g/mol. The minimum absolute atomic E-state index is 0.0737. The Balaban J connectivity index is 0.000000224. The van der Waals surface area contributed by atoms with Crippen molar-refractivity contribution in [3.05, 3.63) is 53.3 Å². The number of rotatable bonds is 2. The van der Waals surface area contributed by atoms with Gasteiger partial charge in [0, 0.05) is 36.3 Å². The number of piperazine rings is 1. The number of aldehydes is 1. The van der Waals surface area contributed by atoms with Gasteiger partial charge < -0.3 is 10.6 Å². The zero-order valence-electron chi connectivity index (χ0n) is 24.2. The molecule has 2 aromatic heterocycles. The van der Waals surface area contributed by atoms with Crippen molar-refractivity contribution in [3.8, 4) is 11.3 Å². The Morgan fingerprint density at radius 3 is 2.46 bits per heavy atom. The Kier molecular flexibility index (Phi) is 8.70. The normalized spacial score (nSPS) is 16.0. The fourth-order valence-electron chi connectivity index (χ4n) is 4.34. The summed E-state index contributed by atoms with van der Waals surface area (Å²) in [4.78, 5) is 34.9. The van der Waals surface area contributed by atoms with E-state index in [0.717, 1.165) is 35.3 Å².